The number of aryl methyl sites for hydroxylation is 1. The zero-order valence-electron chi connectivity index (χ0n) is 15.4. The Kier molecular flexibility index (Phi) is 6.88. The van der Waals surface area contributed by atoms with Crippen molar-refractivity contribution in [2.45, 2.75) is 32.2 Å². The average molecular weight is 385 g/mol. The van der Waals surface area contributed by atoms with Gasteiger partial charge in [0.25, 0.3) is 0 Å². The molecule has 1 fully saturated rings. The van der Waals surface area contributed by atoms with E-state index >= 15 is 0 Å². The van der Waals surface area contributed by atoms with Crippen LogP contribution in [0.3, 0.4) is 0 Å². The van der Waals surface area contributed by atoms with Crippen LogP contribution in [-0.4, -0.2) is 29.8 Å². The molecule has 2 aromatic rings. The highest BCUT2D eigenvalue weighted by atomic mass is 35.5. The molecular weight excluding hydrogens is 360 g/mol. The van der Waals surface area contributed by atoms with Gasteiger partial charge < -0.3 is 10.2 Å². The number of amides is 2. The number of carbonyl (C=O) groups is 2. The molecule has 1 saturated heterocycles. The van der Waals surface area contributed by atoms with E-state index in [-0.39, 0.29) is 17.7 Å². The predicted octanol–water partition coefficient (Wildman–Crippen LogP) is 3.83. The van der Waals surface area contributed by atoms with Crippen molar-refractivity contribution in [3.8, 4) is 0 Å². The lowest BCUT2D eigenvalue weighted by Gasteiger charge is -2.31. The third-order valence-electron chi connectivity index (χ3n) is 5.09. The summed E-state index contributed by atoms with van der Waals surface area (Å²) in [5.74, 6) is 0.210. The van der Waals surface area contributed by atoms with Gasteiger partial charge in [-0.15, -0.1) is 0 Å². The van der Waals surface area contributed by atoms with E-state index < -0.39 is 0 Å². The minimum Gasteiger partial charge on any atom is -0.352 e. The molecule has 0 bridgehead atoms. The molecule has 0 saturated carbocycles. The number of likely N-dealkylation sites (tertiary alicyclic amines) is 1. The van der Waals surface area contributed by atoms with E-state index in [2.05, 4.69) is 5.32 Å². The molecule has 3 rings (SSSR count). The number of piperidine rings is 1. The second-order valence-corrected chi connectivity index (χ2v) is 7.36. The molecule has 0 spiro atoms. The zero-order valence-corrected chi connectivity index (χ0v) is 16.1. The van der Waals surface area contributed by atoms with E-state index in [9.17, 15) is 9.59 Å². The minimum atomic E-state index is -0.0127. The van der Waals surface area contributed by atoms with Gasteiger partial charge in [0.1, 0.15) is 0 Å². The van der Waals surface area contributed by atoms with Gasteiger partial charge in [-0.3, -0.25) is 9.59 Å². The highest BCUT2D eigenvalue weighted by molar-refractivity contribution is 6.31. The summed E-state index contributed by atoms with van der Waals surface area (Å²) in [4.78, 5) is 26.7. The maximum absolute atomic E-state index is 12.5. The lowest BCUT2D eigenvalue weighted by molar-refractivity contribution is -0.135. The van der Waals surface area contributed by atoms with E-state index in [1.165, 1.54) is 0 Å². The van der Waals surface area contributed by atoms with Crippen molar-refractivity contribution < 1.29 is 9.59 Å². The van der Waals surface area contributed by atoms with Gasteiger partial charge in [0, 0.05) is 37.0 Å². The average Bonchev–Trinajstić information content (AvgIpc) is 2.72. The molecule has 0 unspecified atom stereocenters. The molecule has 27 heavy (non-hydrogen) atoms. The molecule has 1 heterocycles. The van der Waals surface area contributed by atoms with Crippen LogP contribution in [0.25, 0.3) is 0 Å². The van der Waals surface area contributed by atoms with E-state index in [1.54, 1.807) is 0 Å². The van der Waals surface area contributed by atoms with Gasteiger partial charge >= 0.3 is 0 Å². The van der Waals surface area contributed by atoms with Gasteiger partial charge in [-0.05, 0) is 36.5 Å². The van der Waals surface area contributed by atoms with Crippen molar-refractivity contribution in [1.82, 2.24) is 10.2 Å². The summed E-state index contributed by atoms with van der Waals surface area (Å²) in [7, 11) is 0. The van der Waals surface area contributed by atoms with Crippen LogP contribution in [0.4, 0.5) is 0 Å². The van der Waals surface area contributed by atoms with E-state index in [0.717, 1.165) is 24.0 Å². The molecule has 0 aliphatic carbocycles. The van der Waals surface area contributed by atoms with Gasteiger partial charge in [0.2, 0.25) is 11.8 Å². The summed E-state index contributed by atoms with van der Waals surface area (Å²) in [6, 6.07) is 17.5. The van der Waals surface area contributed by atoms with Gasteiger partial charge in [-0.1, -0.05) is 60.1 Å². The van der Waals surface area contributed by atoms with Crippen LogP contribution in [0.5, 0.6) is 0 Å². The summed E-state index contributed by atoms with van der Waals surface area (Å²) in [5.41, 5.74) is 2.10. The SMILES string of the molecule is O=C(NCc1ccccc1)C1CCN(C(=O)CCc2ccccc2Cl)CC1. The number of rotatable bonds is 6. The molecular formula is C22H25ClN2O2. The number of hydrogen-bond donors (Lipinski definition) is 1. The van der Waals surface area contributed by atoms with Gasteiger partial charge in [-0.2, -0.15) is 0 Å². The molecule has 0 radical (unpaired) electrons. The Hall–Kier alpha value is -2.33. The monoisotopic (exact) mass is 384 g/mol. The first-order valence-electron chi connectivity index (χ1n) is 9.46. The number of nitrogens with one attached hydrogen (secondary N) is 1. The van der Waals surface area contributed by atoms with Crippen LogP contribution in [0.15, 0.2) is 54.6 Å². The van der Waals surface area contributed by atoms with E-state index in [0.29, 0.717) is 37.5 Å². The Bertz CT molecular complexity index is 771. The van der Waals surface area contributed by atoms with Crippen LogP contribution in [0.1, 0.15) is 30.4 Å². The predicted molar refractivity (Wildman–Crippen MR) is 107 cm³/mol. The van der Waals surface area contributed by atoms with Crippen LogP contribution in [-0.2, 0) is 22.6 Å². The summed E-state index contributed by atoms with van der Waals surface area (Å²) in [6.45, 7) is 1.84. The minimum absolute atomic E-state index is 0.0127. The molecule has 2 amide bonds. The standard InChI is InChI=1S/C22H25ClN2O2/c23-20-9-5-4-8-18(20)10-11-21(26)25-14-12-19(13-15-25)22(27)24-16-17-6-2-1-3-7-17/h1-9,19H,10-16H2,(H,24,27). The number of nitrogens with zero attached hydrogens (tertiary/aromatic N) is 1. The molecule has 1 aliphatic rings. The summed E-state index contributed by atoms with van der Waals surface area (Å²) >= 11 is 6.15. The number of benzene rings is 2. The number of carbonyl (C=O) groups excluding carboxylic acids is 2. The van der Waals surface area contributed by atoms with Gasteiger partial charge in [-0.25, -0.2) is 0 Å². The molecule has 2 aromatic carbocycles. The van der Waals surface area contributed by atoms with Crippen molar-refractivity contribution in [3.63, 3.8) is 0 Å². The Balaban J connectivity index is 1.40. The van der Waals surface area contributed by atoms with Crippen molar-refractivity contribution in [1.29, 1.82) is 0 Å². The maximum atomic E-state index is 12.5. The summed E-state index contributed by atoms with van der Waals surface area (Å²) < 4.78 is 0. The fourth-order valence-corrected chi connectivity index (χ4v) is 3.65. The van der Waals surface area contributed by atoms with Crippen LogP contribution >= 0.6 is 11.6 Å². The Morgan fingerprint density at radius 2 is 1.67 bits per heavy atom. The van der Waals surface area contributed by atoms with E-state index in [4.69, 9.17) is 11.6 Å². The molecule has 1 aliphatic heterocycles. The van der Waals surface area contributed by atoms with Crippen molar-refractivity contribution in [3.05, 3.63) is 70.7 Å². The largest absolute Gasteiger partial charge is 0.352 e. The number of halogens is 1. The van der Waals surface area contributed by atoms with Crippen molar-refractivity contribution in [2.24, 2.45) is 5.92 Å². The molecule has 4 nitrogen and oxygen atoms in total. The smallest absolute Gasteiger partial charge is 0.223 e. The molecule has 1 N–H and O–H groups in total. The fourth-order valence-electron chi connectivity index (χ4n) is 3.42. The molecule has 5 heteroatoms. The summed E-state index contributed by atoms with van der Waals surface area (Å²) in [5, 5.41) is 3.72. The van der Waals surface area contributed by atoms with Crippen LogP contribution in [0.2, 0.25) is 5.02 Å². The zero-order chi connectivity index (χ0) is 19.1. The van der Waals surface area contributed by atoms with E-state index in [1.807, 2.05) is 59.5 Å². The lowest BCUT2D eigenvalue weighted by Crippen LogP contribution is -2.43. The maximum Gasteiger partial charge on any atom is 0.223 e. The highest BCUT2D eigenvalue weighted by Gasteiger charge is 2.27. The van der Waals surface area contributed by atoms with Crippen molar-refractivity contribution in [2.75, 3.05) is 13.1 Å². The summed E-state index contributed by atoms with van der Waals surface area (Å²) in [6.07, 6.45) is 2.54. The quantitative estimate of drug-likeness (QED) is 0.822. The Morgan fingerprint density at radius 1 is 1.00 bits per heavy atom. The third kappa shape index (κ3) is 5.57. The molecule has 0 aromatic heterocycles. The third-order valence-corrected chi connectivity index (χ3v) is 5.46. The van der Waals surface area contributed by atoms with Gasteiger partial charge in [0.05, 0.1) is 0 Å². The second kappa shape index (κ2) is 9.56. The van der Waals surface area contributed by atoms with Crippen LogP contribution in [0, 0.1) is 5.92 Å². The Labute approximate surface area is 165 Å². The lowest BCUT2D eigenvalue weighted by atomic mass is 9.95. The molecule has 0 atom stereocenters. The topological polar surface area (TPSA) is 49.4 Å². The molecule has 142 valence electrons. The first kappa shape index (κ1) is 19.4. The highest BCUT2D eigenvalue weighted by Crippen LogP contribution is 2.20. The first-order chi connectivity index (χ1) is 13.1. The van der Waals surface area contributed by atoms with Gasteiger partial charge in [0.15, 0.2) is 0 Å². The first-order valence-corrected chi connectivity index (χ1v) is 9.84. The fraction of sp³-hybridized carbons (Fsp3) is 0.364. The second-order valence-electron chi connectivity index (χ2n) is 6.95. The normalized spacial score (nSPS) is 14.8. The Morgan fingerprint density at radius 3 is 2.37 bits per heavy atom. The van der Waals surface area contributed by atoms with Crippen LogP contribution < -0.4 is 5.32 Å². The van der Waals surface area contributed by atoms with Crippen molar-refractivity contribution >= 4 is 23.4 Å². The number of hydrogen-bond acceptors (Lipinski definition) is 2.